The average Bonchev–Trinajstić information content (AvgIpc) is 3.09. The molecule has 1 aliphatic rings. The second-order valence-corrected chi connectivity index (χ2v) is 7.65. The van der Waals surface area contributed by atoms with Gasteiger partial charge in [0.2, 0.25) is 5.91 Å². The summed E-state index contributed by atoms with van der Waals surface area (Å²) in [5.74, 6) is 0.0476. The monoisotopic (exact) mass is 370 g/mol. The molecule has 144 valence electrons. The number of para-hydroxylation sites is 1. The Morgan fingerprint density at radius 2 is 1.67 bits per heavy atom. The van der Waals surface area contributed by atoms with Crippen LogP contribution in [0.4, 0.5) is 4.79 Å². The summed E-state index contributed by atoms with van der Waals surface area (Å²) in [7, 11) is 0. The molecule has 0 aliphatic carbocycles. The zero-order valence-electron chi connectivity index (χ0n) is 16.1. The predicted octanol–water partition coefficient (Wildman–Crippen LogP) is 2.49. The first-order chi connectivity index (χ1) is 12.8. The van der Waals surface area contributed by atoms with E-state index in [1.807, 2.05) is 57.3 Å². The van der Waals surface area contributed by atoms with Crippen LogP contribution < -0.4 is 0 Å². The molecule has 1 aromatic heterocycles. The molecule has 3 rings (SSSR count). The molecule has 0 unspecified atom stereocenters. The summed E-state index contributed by atoms with van der Waals surface area (Å²) < 4.78 is 7.15. The van der Waals surface area contributed by atoms with E-state index in [1.165, 1.54) is 0 Å². The minimum Gasteiger partial charge on any atom is -0.444 e. The zero-order valence-corrected chi connectivity index (χ0v) is 16.1. The van der Waals surface area contributed by atoms with Crippen molar-refractivity contribution < 1.29 is 14.3 Å². The average molecular weight is 370 g/mol. The molecule has 7 nitrogen and oxygen atoms in total. The summed E-state index contributed by atoms with van der Waals surface area (Å²) in [6.45, 7) is 7.56. The summed E-state index contributed by atoms with van der Waals surface area (Å²) in [5.41, 5.74) is 1.32. The third-order valence-corrected chi connectivity index (χ3v) is 4.30. The van der Waals surface area contributed by atoms with Crippen molar-refractivity contribution in [2.45, 2.75) is 32.8 Å². The van der Waals surface area contributed by atoms with E-state index in [0.29, 0.717) is 32.6 Å². The zero-order chi connectivity index (χ0) is 19.4. The van der Waals surface area contributed by atoms with Gasteiger partial charge in [-0.15, -0.1) is 0 Å². The van der Waals surface area contributed by atoms with Crippen molar-refractivity contribution in [1.82, 2.24) is 19.6 Å². The molecule has 1 aliphatic heterocycles. The van der Waals surface area contributed by atoms with E-state index in [9.17, 15) is 9.59 Å². The van der Waals surface area contributed by atoms with Crippen LogP contribution >= 0.6 is 0 Å². The lowest BCUT2D eigenvalue weighted by Gasteiger charge is -2.35. The summed E-state index contributed by atoms with van der Waals surface area (Å²) in [6, 6.07) is 9.79. The molecule has 27 heavy (non-hydrogen) atoms. The van der Waals surface area contributed by atoms with Gasteiger partial charge in [0.25, 0.3) is 0 Å². The number of amides is 2. The first-order valence-corrected chi connectivity index (χ1v) is 9.16. The van der Waals surface area contributed by atoms with Crippen molar-refractivity contribution in [3.63, 3.8) is 0 Å². The Hall–Kier alpha value is -2.83. The maximum atomic E-state index is 12.6. The Morgan fingerprint density at radius 3 is 2.30 bits per heavy atom. The molecule has 0 saturated carbocycles. The molecular weight excluding hydrogens is 344 g/mol. The van der Waals surface area contributed by atoms with Crippen LogP contribution in [0.15, 0.2) is 42.7 Å². The van der Waals surface area contributed by atoms with Crippen molar-refractivity contribution >= 4 is 12.0 Å². The number of nitrogens with zero attached hydrogens (tertiary/aromatic N) is 4. The quantitative estimate of drug-likeness (QED) is 0.833. The molecule has 7 heteroatoms. The van der Waals surface area contributed by atoms with E-state index in [2.05, 4.69) is 5.10 Å². The van der Waals surface area contributed by atoms with E-state index < -0.39 is 5.60 Å². The standard InChI is InChI=1S/C20H26N4O3/c1-20(2,3)27-19(26)23-11-9-22(10-12-23)18(25)13-16-14-21-24(15-16)17-7-5-4-6-8-17/h4-8,14-15H,9-13H2,1-3H3. The van der Waals surface area contributed by atoms with Gasteiger partial charge in [0, 0.05) is 32.4 Å². The molecule has 2 amide bonds. The van der Waals surface area contributed by atoms with Crippen molar-refractivity contribution in [2.24, 2.45) is 0 Å². The van der Waals surface area contributed by atoms with Gasteiger partial charge < -0.3 is 14.5 Å². The maximum absolute atomic E-state index is 12.6. The van der Waals surface area contributed by atoms with Crippen molar-refractivity contribution in [3.8, 4) is 5.69 Å². The number of hydrogen-bond acceptors (Lipinski definition) is 4. The van der Waals surface area contributed by atoms with Gasteiger partial charge in [-0.05, 0) is 38.5 Å². The molecule has 2 heterocycles. The summed E-state index contributed by atoms with van der Waals surface area (Å²) >= 11 is 0. The highest BCUT2D eigenvalue weighted by Crippen LogP contribution is 2.13. The number of rotatable bonds is 3. The Morgan fingerprint density at radius 1 is 1.04 bits per heavy atom. The molecule has 1 saturated heterocycles. The third kappa shape index (κ3) is 5.09. The fourth-order valence-electron chi connectivity index (χ4n) is 2.92. The normalized spacial score (nSPS) is 14.9. The van der Waals surface area contributed by atoms with Crippen LogP contribution in [0, 0.1) is 0 Å². The number of carbonyl (C=O) groups is 2. The van der Waals surface area contributed by atoms with Gasteiger partial charge in [-0.3, -0.25) is 4.79 Å². The van der Waals surface area contributed by atoms with Crippen LogP contribution in [0.1, 0.15) is 26.3 Å². The summed E-state index contributed by atoms with van der Waals surface area (Å²) in [5, 5.41) is 4.33. The minimum atomic E-state index is -0.511. The van der Waals surface area contributed by atoms with Gasteiger partial charge in [-0.2, -0.15) is 5.10 Å². The van der Waals surface area contributed by atoms with Gasteiger partial charge in [0.1, 0.15) is 5.60 Å². The molecule has 1 fully saturated rings. The first kappa shape index (κ1) is 18.9. The van der Waals surface area contributed by atoms with Gasteiger partial charge in [0.05, 0.1) is 18.3 Å². The lowest BCUT2D eigenvalue weighted by molar-refractivity contribution is -0.132. The molecule has 0 spiro atoms. The Balaban J connectivity index is 1.52. The van der Waals surface area contributed by atoms with Crippen molar-refractivity contribution in [1.29, 1.82) is 0 Å². The lowest BCUT2D eigenvalue weighted by Crippen LogP contribution is -2.51. The number of hydrogen-bond donors (Lipinski definition) is 0. The Kier molecular flexibility index (Phi) is 5.48. The van der Waals surface area contributed by atoms with Crippen LogP contribution in [0.25, 0.3) is 5.69 Å². The maximum Gasteiger partial charge on any atom is 0.410 e. The van der Waals surface area contributed by atoms with E-state index in [4.69, 9.17) is 4.74 Å². The third-order valence-electron chi connectivity index (χ3n) is 4.30. The topological polar surface area (TPSA) is 67.7 Å². The van der Waals surface area contributed by atoms with Crippen molar-refractivity contribution in [3.05, 3.63) is 48.3 Å². The van der Waals surface area contributed by atoms with Crippen LogP contribution in [-0.2, 0) is 16.0 Å². The summed E-state index contributed by atoms with van der Waals surface area (Å²) in [6.07, 6.45) is 3.59. The van der Waals surface area contributed by atoms with Crippen LogP contribution in [0.3, 0.4) is 0 Å². The van der Waals surface area contributed by atoms with Crippen molar-refractivity contribution in [2.75, 3.05) is 26.2 Å². The Labute approximate surface area is 159 Å². The Bertz CT molecular complexity index is 787. The van der Waals surface area contributed by atoms with E-state index in [-0.39, 0.29) is 12.0 Å². The summed E-state index contributed by atoms with van der Waals surface area (Å²) in [4.78, 5) is 28.1. The number of ether oxygens (including phenoxy) is 1. The minimum absolute atomic E-state index is 0.0476. The number of aromatic nitrogens is 2. The van der Waals surface area contributed by atoms with Gasteiger partial charge in [-0.25, -0.2) is 9.48 Å². The smallest absolute Gasteiger partial charge is 0.410 e. The number of piperazine rings is 1. The number of carbonyl (C=O) groups excluding carboxylic acids is 2. The van der Waals surface area contributed by atoms with Gasteiger partial charge >= 0.3 is 6.09 Å². The van der Waals surface area contributed by atoms with Gasteiger partial charge in [0.15, 0.2) is 0 Å². The highest BCUT2D eigenvalue weighted by Gasteiger charge is 2.27. The van der Waals surface area contributed by atoms with Crippen LogP contribution in [0.2, 0.25) is 0 Å². The highest BCUT2D eigenvalue weighted by molar-refractivity contribution is 5.79. The van der Waals surface area contributed by atoms with Gasteiger partial charge in [-0.1, -0.05) is 18.2 Å². The van der Waals surface area contributed by atoms with E-state index in [0.717, 1.165) is 11.3 Å². The van der Waals surface area contributed by atoms with E-state index in [1.54, 1.807) is 20.7 Å². The molecule has 0 N–H and O–H groups in total. The predicted molar refractivity (Wildman–Crippen MR) is 102 cm³/mol. The highest BCUT2D eigenvalue weighted by atomic mass is 16.6. The van der Waals surface area contributed by atoms with E-state index >= 15 is 0 Å². The largest absolute Gasteiger partial charge is 0.444 e. The second-order valence-electron chi connectivity index (χ2n) is 7.65. The van der Waals surface area contributed by atoms with Crippen LogP contribution in [0.5, 0.6) is 0 Å². The SMILES string of the molecule is CC(C)(C)OC(=O)N1CCN(C(=O)Cc2cnn(-c3ccccc3)c2)CC1. The molecule has 0 radical (unpaired) electrons. The molecule has 1 aromatic carbocycles. The molecule has 0 bridgehead atoms. The first-order valence-electron chi connectivity index (χ1n) is 9.16. The lowest BCUT2D eigenvalue weighted by atomic mass is 10.2. The molecule has 0 atom stereocenters. The fraction of sp³-hybridized carbons (Fsp3) is 0.450. The molecular formula is C20H26N4O3. The fourth-order valence-corrected chi connectivity index (χ4v) is 2.92. The molecule has 2 aromatic rings. The van der Waals surface area contributed by atoms with Crippen LogP contribution in [-0.4, -0.2) is 63.4 Å². The second kappa shape index (κ2) is 7.82. The number of benzene rings is 1.